The van der Waals surface area contributed by atoms with Gasteiger partial charge in [-0.1, -0.05) is 28.1 Å². The number of halogens is 1. The second-order valence-corrected chi connectivity index (χ2v) is 5.93. The van der Waals surface area contributed by atoms with Crippen molar-refractivity contribution >= 4 is 21.8 Å². The van der Waals surface area contributed by atoms with Crippen LogP contribution in [0.25, 0.3) is 0 Å². The van der Waals surface area contributed by atoms with E-state index in [1.54, 1.807) is 0 Å². The summed E-state index contributed by atoms with van der Waals surface area (Å²) in [5.41, 5.74) is 1.91. The fourth-order valence-electron chi connectivity index (χ4n) is 1.79. The van der Waals surface area contributed by atoms with Crippen LogP contribution >= 0.6 is 15.9 Å². The minimum atomic E-state index is 0.0170. The lowest BCUT2D eigenvalue weighted by Crippen LogP contribution is -2.29. The van der Waals surface area contributed by atoms with Crippen LogP contribution in [-0.4, -0.2) is 37.0 Å². The zero-order chi connectivity index (χ0) is 15.0. The van der Waals surface area contributed by atoms with Gasteiger partial charge in [0.15, 0.2) is 0 Å². The molecule has 0 aliphatic heterocycles. The molecule has 1 aromatic rings. The molecular formula is C16H25BrN2O. The lowest BCUT2D eigenvalue weighted by atomic mass is 10.1. The molecule has 0 saturated carbocycles. The van der Waals surface area contributed by atoms with Crippen molar-refractivity contribution in [3.8, 4) is 0 Å². The van der Waals surface area contributed by atoms with Crippen LogP contribution in [0.3, 0.4) is 0 Å². The number of carbonyl (C=O) groups excluding carboxylic acids is 1. The summed E-state index contributed by atoms with van der Waals surface area (Å²) in [5, 5.41) is 3.79. The second-order valence-electron chi connectivity index (χ2n) is 5.37. The number of alkyl halides is 1. The smallest absolute Gasteiger partial charge is 0.251 e. The number of benzene rings is 1. The second kappa shape index (κ2) is 9.14. The number of rotatable bonds is 8. The van der Waals surface area contributed by atoms with E-state index >= 15 is 0 Å². The van der Waals surface area contributed by atoms with Gasteiger partial charge in [0.2, 0.25) is 0 Å². The summed E-state index contributed by atoms with van der Waals surface area (Å²) in [4.78, 5) is 14.2. The van der Waals surface area contributed by atoms with Gasteiger partial charge in [-0.15, -0.1) is 0 Å². The molecule has 0 fully saturated rings. The maximum Gasteiger partial charge on any atom is 0.251 e. The van der Waals surface area contributed by atoms with Gasteiger partial charge in [-0.2, -0.15) is 0 Å². The largest absolute Gasteiger partial charge is 0.352 e. The molecule has 0 bridgehead atoms. The Kier molecular flexibility index (Phi) is 7.85. The summed E-state index contributed by atoms with van der Waals surface area (Å²) >= 11 is 3.40. The summed E-state index contributed by atoms with van der Waals surface area (Å²) in [7, 11) is 2.13. The third kappa shape index (κ3) is 6.06. The van der Waals surface area contributed by atoms with Gasteiger partial charge in [0.25, 0.3) is 5.91 Å². The van der Waals surface area contributed by atoms with Crippen LogP contribution in [0, 0.1) is 0 Å². The molecule has 0 aromatic heterocycles. The van der Waals surface area contributed by atoms with Crippen LogP contribution in [0.1, 0.15) is 42.6 Å². The molecule has 0 unspecified atom stereocenters. The average molecular weight is 341 g/mol. The third-order valence-electron chi connectivity index (χ3n) is 3.48. The van der Waals surface area contributed by atoms with Gasteiger partial charge in [0, 0.05) is 23.5 Å². The first-order valence-electron chi connectivity index (χ1n) is 7.18. The van der Waals surface area contributed by atoms with Gasteiger partial charge in [0.1, 0.15) is 0 Å². The Morgan fingerprint density at radius 1 is 1.25 bits per heavy atom. The van der Waals surface area contributed by atoms with Crippen molar-refractivity contribution in [2.24, 2.45) is 0 Å². The standard InChI is InChI=1S/C16H25BrN2O/c1-13(2)19(3)11-5-4-10-18-16(20)15-8-6-14(12-17)7-9-15/h6-9,13H,4-5,10-12H2,1-3H3,(H,18,20). The molecule has 0 aliphatic carbocycles. The highest BCUT2D eigenvalue weighted by molar-refractivity contribution is 9.08. The van der Waals surface area contributed by atoms with E-state index in [1.165, 1.54) is 5.56 Å². The minimum absolute atomic E-state index is 0.0170. The molecule has 1 aromatic carbocycles. The molecule has 1 amide bonds. The Hall–Kier alpha value is -0.870. The first kappa shape index (κ1) is 17.2. The van der Waals surface area contributed by atoms with Crippen molar-refractivity contribution < 1.29 is 4.79 Å². The molecule has 0 spiro atoms. The Morgan fingerprint density at radius 3 is 2.45 bits per heavy atom. The predicted octanol–water partition coefficient (Wildman–Crippen LogP) is 3.43. The highest BCUT2D eigenvalue weighted by atomic mass is 79.9. The van der Waals surface area contributed by atoms with Crippen molar-refractivity contribution in [1.29, 1.82) is 0 Å². The Bertz CT molecular complexity index is 403. The maximum absolute atomic E-state index is 11.9. The maximum atomic E-state index is 11.9. The van der Waals surface area contributed by atoms with Crippen molar-refractivity contribution in [1.82, 2.24) is 10.2 Å². The third-order valence-corrected chi connectivity index (χ3v) is 4.12. The van der Waals surface area contributed by atoms with E-state index < -0.39 is 0 Å². The summed E-state index contributed by atoms with van der Waals surface area (Å²) < 4.78 is 0. The van der Waals surface area contributed by atoms with Crippen LogP contribution in [0.2, 0.25) is 0 Å². The van der Waals surface area contributed by atoms with Crippen molar-refractivity contribution in [2.45, 2.75) is 38.1 Å². The zero-order valence-electron chi connectivity index (χ0n) is 12.7. The van der Waals surface area contributed by atoms with Gasteiger partial charge >= 0.3 is 0 Å². The van der Waals surface area contributed by atoms with Gasteiger partial charge in [0.05, 0.1) is 0 Å². The van der Waals surface area contributed by atoms with Crippen LogP contribution in [0.4, 0.5) is 0 Å². The van der Waals surface area contributed by atoms with E-state index in [4.69, 9.17) is 0 Å². The molecule has 0 radical (unpaired) electrons. The predicted molar refractivity (Wildman–Crippen MR) is 88.4 cm³/mol. The Morgan fingerprint density at radius 2 is 1.90 bits per heavy atom. The molecule has 3 nitrogen and oxygen atoms in total. The number of carbonyl (C=O) groups is 1. The van der Waals surface area contributed by atoms with Crippen LogP contribution < -0.4 is 5.32 Å². The number of nitrogens with zero attached hydrogens (tertiary/aromatic N) is 1. The quantitative estimate of drug-likeness (QED) is 0.580. The first-order chi connectivity index (χ1) is 9.54. The molecule has 112 valence electrons. The fourth-order valence-corrected chi connectivity index (χ4v) is 2.17. The number of nitrogens with one attached hydrogen (secondary N) is 1. The SMILES string of the molecule is CC(C)N(C)CCCCNC(=O)c1ccc(CBr)cc1. The normalized spacial score (nSPS) is 11.1. The monoisotopic (exact) mass is 340 g/mol. The summed E-state index contributed by atoms with van der Waals surface area (Å²) in [6.07, 6.45) is 2.12. The topological polar surface area (TPSA) is 32.3 Å². The lowest BCUT2D eigenvalue weighted by molar-refractivity contribution is 0.0952. The van der Waals surface area contributed by atoms with E-state index in [0.717, 1.165) is 36.8 Å². The first-order valence-corrected chi connectivity index (χ1v) is 8.30. The molecular weight excluding hydrogens is 316 g/mol. The zero-order valence-corrected chi connectivity index (χ0v) is 14.2. The van der Waals surface area contributed by atoms with Gasteiger partial charge in [-0.3, -0.25) is 4.79 Å². The highest BCUT2D eigenvalue weighted by Gasteiger charge is 2.05. The van der Waals surface area contributed by atoms with Gasteiger partial charge in [-0.25, -0.2) is 0 Å². The van der Waals surface area contributed by atoms with Crippen LogP contribution in [-0.2, 0) is 5.33 Å². The average Bonchev–Trinajstić information content (AvgIpc) is 2.46. The molecule has 0 atom stereocenters. The molecule has 0 heterocycles. The van der Waals surface area contributed by atoms with Crippen LogP contribution in [0.5, 0.6) is 0 Å². The highest BCUT2D eigenvalue weighted by Crippen LogP contribution is 2.07. The van der Waals surface area contributed by atoms with Crippen molar-refractivity contribution in [2.75, 3.05) is 20.1 Å². The summed E-state index contributed by atoms with van der Waals surface area (Å²) in [5.74, 6) is 0.0170. The van der Waals surface area contributed by atoms with Crippen LogP contribution in [0.15, 0.2) is 24.3 Å². The molecule has 0 saturated heterocycles. The summed E-state index contributed by atoms with van der Waals surface area (Å²) in [6.45, 7) is 6.20. The number of amides is 1. The molecule has 1 N–H and O–H groups in total. The summed E-state index contributed by atoms with van der Waals surface area (Å²) in [6, 6.07) is 8.27. The number of unbranched alkanes of at least 4 members (excludes halogenated alkanes) is 1. The van der Waals surface area contributed by atoms with E-state index in [9.17, 15) is 4.79 Å². The molecule has 1 rings (SSSR count). The Labute approximate surface area is 130 Å². The van der Waals surface area contributed by atoms with E-state index in [2.05, 4.69) is 47.0 Å². The fraction of sp³-hybridized carbons (Fsp3) is 0.562. The molecule has 4 heteroatoms. The molecule has 0 aliphatic rings. The molecule has 20 heavy (non-hydrogen) atoms. The van der Waals surface area contributed by atoms with Gasteiger partial charge in [-0.05, 0) is 58.0 Å². The Balaban J connectivity index is 2.22. The lowest BCUT2D eigenvalue weighted by Gasteiger charge is -2.20. The number of hydrogen-bond acceptors (Lipinski definition) is 2. The number of hydrogen-bond donors (Lipinski definition) is 1. The van der Waals surface area contributed by atoms with E-state index in [-0.39, 0.29) is 5.91 Å². The van der Waals surface area contributed by atoms with Crippen molar-refractivity contribution in [3.05, 3.63) is 35.4 Å². The minimum Gasteiger partial charge on any atom is -0.352 e. The van der Waals surface area contributed by atoms with Crippen molar-refractivity contribution in [3.63, 3.8) is 0 Å². The van der Waals surface area contributed by atoms with E-state index in [1.807, 2.05) is 24.3 Å². The van der Waals surface area contributed by atoms with E-state index in [0.29, 0.717) is 6.04 Å². The van der Waals surface area contributed by atoms with Gasteiger partial charge < -0.3 is 10.2 Å².